The van der Waals surface area contributed by atoms with E-state index in [0.29, 0.717) is 18.1 Å². The van der Waals surface area contributed by atoms with Crippen LogP contribution in [0, 0.1) is 6.92 Å². The predicted molar refractivity (Wildman–Crippen MR) is 92.5 cm³/mol. The number of nitrogens with one attached hydrogen (secondary N) is 1. The summed E-state index contributed by atoms with van der Waals surface area (Å²) < 4.78 is 16.2. The van der Waals surface area contributed by atoms with Crippen LogP contribution in [0.15, 0.2) is 42.5 Å². The van der Waals surface area contributed by atoms with Gasteiger partial charge in [-0.05, 0) is 36.8 Å². The first-order valence-corrected chi connectivity index (χ1v) is 8.15. The van der Waals surface area contributed by atoms with Crippen molar-refractivity contribution in [1.29, 1.82) is 0 Å². The smallest absolute Gasteiger partial charge is 0.342 e. The van der Waals surface area contributed by atoms with E-state index in [0.717, 1.165) is 5.56 Å². The molecule has 1 atom stereocenters. The number of ether oxygens (including phenoxy) is 3. The lowest BCUT2D eigenvalue weighted by molar-refractivity contribution is -0.124. The first-order valence-electron chi connectivity index (χ1n) is 8.15. The molecule has 0 fully saturated rings. The molecule has 1 heterocycles. The molecule has 3 rings (SSSR count). The van der Waals surface area contributed by atoms with Gasteiger partial charge in [0.05, 0.1) is 6.54 Å². The standard InChI is InChI=1S/C19H19NO6/c1-12-6-7-14(15(21)8-12)19(23)25-11-18(22)20-9-13-10-24-16-4-2-3-5-17(16)26-13/h2-8,13,21H,9-11H2,1H3,(H,20,22)/t13-/m0/s1. The zero-order valence-electron chi connectivity index (χ0n) is 14.2. The number of carbonyl (C=O) groups is 2. The van der Waals surface area contributed by atoms with E-state index in [9.17, 15) is 14.7 Å². The number of carbonyl (C=O) groups excluding carboxylic acids is 2. The molecular weight excluding hydrogens is 338 g/mol. The minimum atomic E-state index is -0.760. The van der Waals surface area contributed by atoms with Crippen molar-refractivity contribution in [2.24, 2.45) is 0 Å². The number of benzene rings is 2. The van der Waals surface area contributed by atoms with Gasteiger partial charge in [-0.2, -0.15) is 0 Å². The van der Waals surface area contributed by atoms with Crippen LogP contribution in [0.1, 0.15) is 15.9 Å². The summed E-state index contributed by atoms with van der Waals surface area (Å²) >= 11 is 0. The van der Waals surface area contributed by atoms with Crippen LogP contribution in [0.3, 0.4) is 0 Å². The third-order valence-corrected chi connectivity index (χ3v) is 3.80. The van der Waals surface area contributed by atoms with Crippen molar-refractivity contribution in [2.45, 2.75) is 13.0 Å². The molecule has 1 aliphatic rings. The fraction of sp³-hybridized carbons (Fsp3) is 0.263. The lowest BCUT2D eigenvalue weighted by atomic mass is 10.1. The average Bonchev–Trinajstić information content (AvgIpc) is 2.64. The fourth-order valence-electron chi connectivity index (χ4n) is 2.47. The molecule has 26 heavy (non-hydrogen) atoms. The molecule has 7 heteroatoms. The minimum Gasteiger partial charge on any atom is -0.507 e. The number of phenols is 1. The molecule has 1 aliphatic heterocycles. The summed E-state index contributed by atoms with van der Waals surface area (Å²) in [5, 5.41) is 12.4. The van der Waals surface area contributed by atoms with Crippen LogP contribution in [0.4, 0.5) is 0 Å². The first kappa shape index (κ1) is 17.6. The number of hydrogen-bond acceptors (Lipinski definition) is 6. The average molecular weight is 357 g/mol. The monoisotopic (exact) mass is 357 g/mol. The van der Waals surface area contributed by atoms with Gasteiger partial charge >= 0.3 is 5.97 Å². The van der Waals surface area contributed by atoms with Crippen molar-refractivity contribution < 1.29 is 28.9 Å². The second-order valence-electron chi connectivity index (χ2n) is 5.90. The van der Waals surface area contributed by atoms with E-state index in [1.807, 2.05) is 18.2 Å². The van der Waals surface area contributed by atoms with Crippen molar-refractivity contribution in [2.75, 3.05) is 19.8 Å². The van der Waals surface area contributed by atoms with E-state index in [1.54, 1.807) is 19.1 Å². The maximum atomic E-state index is 11.9. The highest BCUT2D eigenvalue weighted by Gasteiger charge is 2.21. The van der Waals surface area contributed by atoms with Gasteiger partial charge in [-0.1, -0.05) is 18.2 Å². The van der Waals surface area contributed by atoms with Crippen molar-refractivity contribution in [3.63, 3.8) is 0 Å². The van der Waals surface area contributed by atoms with Crippen LogP contribution in [-0.2, 0) is 9.53 Å². The Kier molecular flexibility index (Phi) is 5.26. The number of esters is 1. The molecule has 1 amide bonds. The maximum absolute atomic E-state index is 11.9. The Bertz CT molecular complexity index is 819. The van der Waals surface area contributed by atoms with Gasteiger partial charge in [0.1, 0.15) is 24.0 Å². The van der Waals surface area contributed by atoms with Crippen molar-refractivity contribution in [3.05, 3.63) is 53.6 Å². The molecule has 2 aromatic rings. The SMILES string of the molecule is Cc1ccc(C(=O)OCC(=O)NC[C@H]2COc3ccccc3O2)c(O)c1. The lowest BCUT2D eigenvalue weighted by Gasteiger charge is -2.26. The second kappa shape index (κ2) is 7.77. The number of fused-ring (bicyclic) bond motifs is 1. The normalized spacial score (nSPS) is 15.2. The zero-order valence-corrected chi connectivity index (χ0v) is 14.2. The lowest BCUT2D eigenvalue weighted by Crippen LogP contribution is -2.42. The molecule has 0 spiro atoms. The Morgan fingerprint density at radius 2 is 2.00 bits per heavy atom. The topological polar surface area (TPSA) is 94.1 Å². The van der Waals surface area contributed by atoms with E-state index in [4.69, 9.17) is 14.2 Å². The predicted octanol–water partition coefficient (Wildman–Crippen LogP) is 1.81. The summed E-state index contributed by atoms with van der Waals surface area (Å²) in [6.45, 7) is 1.88. The highest BCUT2D eigenvalue weighted by Crippen LogP contribution is 2.30. The van der Waals surface area contributed by atoms with Gasteiger partial charge in [-0.3, -0.25) is 4.79 Å². The van der Waals surface area contributed by atoms with Gasteiger partial charge in [0.15, 0.2) is 18.1 Å². The van der Waals surface area contributed by atoms with Crippen LogP contribution < -0.4 is 14.8 Å². The number of amides is 1. The summed E-state index contributed by atoms with van der Waals surface area (Å²) in [5.41, 5.74) is 0.831. The molecule has 7 nitrogen and oxygen atoms in total. The van der Waals surface area contributed by atoms with Gasteiger partial charge < -0.3 is 24.6 Å². The minimum absolute atomic E-state index is 0.0176. The van der Waals surface area contributed by atoms with Crippen LogP contribution in [0.5, 0.6) is 17.2 Å². The number of para-hydroxylation sites is 2. The van der Waals surface area contributed by atoms with Gasteiger partial charge in [0.2, 0.25) is 0 Å². The Hall–Kier alpha value is -3.22. The van der Waals surface area contributed by atoms with Crippen LogP contribution in [-0.4, -0.2) is 42.8 Å². The Balaban J connectivity index is 1.44. The number of phenolic OH excluding ortho intramolecular Hbond substituents is 1. The molecular formula is C19H19NO6. The largest absolute Gasteiger partial charge is 0.507 e. The van der Waals surface area contributed by atoms with E-state index in [1.165, 1.54) is 12.1 Å². The molecule has 0 saturated heterocycles. The van der Waals surface area contributed by atoms with Crippen molar-refractivity contribution >= 4 is 11.9 Å². The fourth-order valence-corrected chi connectivity index (χ4v) is 2.47. The Morgan fingerprint density at radius 1 is 1.23 bits per heavy atom. The highest BCUT2D eigenvalue weighted by molar-refractivity contribution is 5.93. The zero-order chi connectivity index (χ0) is 18.5. The third kappa shape index (κ3) is 4.24. The van der Waals surface area contributed by atoms with E-state index in [2.05, 4.69) is 5.32 Å². The third-order valence-electron chi connectivity index (χ3n) is 3.80. The first-order chi connectivity index (χ1) is 12.5. The quantitative estimate of drug-likeness (QED) is 0.793. The Labute approximate surface area is 150 Å². The molecule has 0 saturated carbocycles. The van der Waals surface area contributed by atoms with Crippen molar-refractivity contribution in [3.8, 4) is 17.2 Å². The van der Waals surface area contributed by atoms with Crippen LogP contribution in [0.2, 0.25) is 0 Å². The second-order valence-corrected chi connectivity index (χ2v) is 5.90. The molecule has 0 bridgehead atoms. The van der Waals surface area contributed by atoms with Gasteiger partial charge in [-0.15, -0.1) is 0 Å². The number of rotatable bonds is 5. The molecule has 0 aliphatic carbocycles. The van der Waals surface area contributed by atoms with Crippen molar-refractivity contribution in [1.82, 2.24) is 5.32 Å². The molecule has 0 radical (unpaired) electrons. The summed E-state index contributed by atoms with van der Waals surface area (Å²) in [6.07, 6.45) is -0.328. The Morgan fingerprint density at radius 3 is 2.77 bits per heavy atom. The highest BCUT2D eigenvalue weighted by atomic mass is 16.6. The molecule has 2 aromatic carbocycles. The number of hydrogen-bond donors (Lipinski definition) is 2. The molecule has 0 aromatic heterocycles. The van der Waals surface area contributed by atoms with E-state index in [-0.39, 0.29) is 24.0 Å². The van der Waals surface area contributed by atoms with Gasteiger partial charge in [-0.25, -0.2) is 4.79 Å². The molecule has 0 unspecified atom stereocenters. The maximum Gasteiger partial charge on any atom is 0.342 e. The number of aryl methyl sites for hydroxylation is 1. The molecule has 136 valence electrons. The van der Waals surface area contributed by atoms with Crippen LogP contribution >= 0.6 is 0 Å². The summed E-state index contributed by atoms with van der Waals surface area (Å²) in [5.74, 6) is -0.112. The van der Waals surface area contributed by atoms with Crippen LogP contribution in [0.25, 0.3) is 0 Å². The van der Waals surface area contributed by atoms with Gasteiger partial charge in [0.25, 0.3) is 5.91 Å². The van der Waals surface area contributed by atoms with E-state index >= 15 is 0 Å². The van der Waals surface area contributed by atoms with E-state index < -0.39 is 18.5 Å². The van der Waals surface area contributed by atoms with Gasteiger partial charge in [0, 0.05) is 0 Å². The molecule has 2 N–H and O–H groups in total. The number of aromatic hydroxyl groups is 1. The summed E-state index contributed by atoms with van der Waals surface area (Å²) in [6, 6.07) is 11.9. The summed E-state index contributed by atoms with van der Waals surface area (Å²) in [4.78, 5) is 23.8. The summed E-state index contributed by atoms with van der Waals surface area (Å²) in [7, 11) is 0.